The summed E-state index contributed by atoms with van der Waals surface area (Å²) in [6, 6.07) is 9.70. The Hall–Kier alpha value is -2.44. The third-order valence-electron chi connectivity index (χ3n) is 5.03. The minimum atomic E-state index is -0.644. The molecule has 6 nitrogen and oxygen atoms in total. The van der Waals surface area contributed by atoms with E-state index in [4.69, 9.17) is 27.9 Å². The second-order valence-electron chi connectivity index (χ2n) is 8.70. The Morgan fingerprint density at radius 3 is 2.39 bits per heavy atom. The van der Waals surface area contributed by atoms with Crippen LogP contribution in [0.15, 0.2) is 36.4 Å². The van der Waals surface area contributed by atoms with Crippen molar-refractivity contribution in [3.05, 3.63) is 46.4 Å². The number of carbonyl (C=O) groups excluding carboxylic acids is 2. The lowest BCUT2D eigenvalue weighted by Crippen LogP contribution is -2.42. The molecule has 31 heavy (non-hydrogen) atoms. The Kier molecular flexibility index (Phi) is 7.02. The van der Waals surface area contributed by atoms with Crippen LogP contribution in [0.3, 0.4) is 0 Å². The zero-order valence-electron chi connectivity index (χ0n) is 18.1. The first kappa shape index (κ1) is 23.2. The van der Waals surface area contributed by atoms with Gasteiger partial charge in [0.1, 0.15) is 12.4 Å². The van der Waals surface area contributed by atoms with Crippen LogP contribution in [0.25, 0.3) is 0 Å². The fourth-order valence-electron chi connectivity index (χ4n) is 3.20. The van der Waals surface area contributed by atoms with Crippen LogP contribution in [0.5, 0.6) is 5.75 Å². The fraction of sp³-hybridized carbons (Fsp3) is 0.391. The van der Waals surface area contributed by atoms with Crippen LogP contribution in [0.4, 0.5) is 21.9 Å². The number of anilines is 3. The number of halogens is 2. The van der Waals surface area contributed by atoms with E-state index in [0.29, 0.717) is 51.9 Å². The first-order valence-electron chi connectivity index (χ1n) is 10.2. The maximum Gasteiger partial charge on any atom is 0.323 e. The van der Waals surface area contributed by atoms with Gasteiger partial charge in [0.15, 0.2) is 0 Å². The number of urea groups is 1. The highest BCUT2D eigenvalue weighted by Crippen LogP contribution is 2.38. The van der Waals surface area contributed by atoms with Crippen molar-refractivity contribution in [3.63, 3.8) is 0 Å². The average Bonchev–Trinajstić information content (AvgIpc) is 2.78. The number of rotatable bonds is 5. The standard InChI is InChI=1S/C23H27Cl2N3O3/c1-14(2)9-10-28-19-12-16(6-8-20(19)31-13-23(3,4)21(28)29)27-22(30)26-15-5-7-17(24)18(25)11-15/h5-8,11-12,14H,9-10,13H2,1-4H3,(H2,26,27,30). The predicted octanol–water partition coefficient (Wildman–Crippen LogP) is 6.44. The van der Waals surface area contributed by atoms with E-state index in [1.165, 1.54) is 0 Å². The summed E-state index contributed by atoms with van der Waals surface area (Å²) in [5, 5.41) is 6.28. The van der Waals surface area contributed by atoms with E-state index < -0.39 is 11.4 Å². The van der Waals surface area contributed by atoms with Crippen LogP contribution < -0.4 is 20.3 Å². The molecule has 0 saturated heterocycles. The van der Waals surface area contributed by atoms with Gasteiger partial charge in [-0.15, -0.1) is 0 Å². The molecule has 0 aliphatic carbocycles. The minimum Gasteiger partial charge on any atom is -0.490 e. The Bertz CT molecular complexity index is 992. The number of ether oxygens (including phenoxy) is 1. The maximum absolute atomic E-state index is 13.2. The van der Waals surface area contributed by atoms with E-state index in [-0.39, 0.29) is 5.91 Å². The normalized spacial score (nSPS) is 15.2. The molecule has 0 radical (unpaired) electrons. The summed E-state index contributed by atoms with van der Waals surface area (Å²) >= 11 is 11.9. The Labute approximate surface area is 192 Å². The molecular formula is C23H27Cl2N3O3. The van der Waals surface area contributed by atoms with E-state index in [1.807, 2.05) is 13.8 Å². The van der Waals surface area contributed by atoms with Crippen molar-refractivity contribution >= 4 is 52.2 Å². The van der Waals surface area contributed by atoms with Gasteiger partial charge in [-0.1, -0.05) is 37.0 Å². The van der Waals surface area contributed by atoms with E-state index in [2.05, 4.69) is 24.5 Å². The van der Waals surface area contributed by atoms with Crippen LogP contribution >= 0.6 is 23.2 Å². The molecule has 3 amide bonds. The quantitative estimate of drug-likeness (QED) is 0.535. The van der Waals surface area contributed by atoms with Crippen LogP contribution in [-0.2, 0) is 4.79 Å². The summed E-state index contributed by atoms with van der Waals surface area (Å²) in [5.41, 5.74) is 1.07. The summed E-state index contributed by atoms with van der Waals surface area (Å²) in [6.45, 7) is 8.88. The van der Waals surface area contributed by atoms with Gasteiger partial charge in [-0.3, -0.25) is 4.79 Å². The molecule has 0 bridgehead atoms. The minimum absolute atomic E-state index is 0.00399. The molecule has 0 spiro atoms. The molecule has 0 fully saturated rings. The van der Waals surface area contributed by atoms with Crippen molar-refractivity contribution in [2.45, 2.75) is 34.1 Å². The number of hydrogen-bond acceptors (Lipinski definition) is 3. The van der Waals surface area contributed by atoms with E-state index in [1.54, 1.807) is 41.3 Å². The van der Waals surface area contributed by atoms with Gasteiger partial charge in [-0.25, -0.2) is 4.79 Å². The summed E-state index contributed by atoms with van der Waals surface area (Å²) in [4.78, 5) is 27.4. The molecule has 0 saturated carbocycles. The topological polar surface area (TPSA) is 70.7 Å². The maximum atomic E-state index is 13.2. The van der Waals surface area contributed by atoms with Crippen LogP contribution in [0.1, 0.15) is 34.1 Å². The predicted molar refractivity (Wildman–Crippen MR) is 127 cm³/mol. The van der Waals surface area contributed by atoms with Crippen molar-refractivity contribution in [2.24, 2.45) is 11.3 Å². The number of benzene rings is 2. The second kappa shape index (κ2) is 9.37. The molecule has 1 aliphatic rings. The number of nitrogens with one attached hydrogen (secondary N) is 2. The van der Waals surface area contributed by atoms with Crippen LogP contribution in [0, 0.1) is 11.3 Å². The SMILES string of the molecule is CC(C)CCN1C(=O)C(C)(C)COc2ccc(NC(=O)Nc3ccc(Cl)c(Cl)c3)cc21. The van der Waals surface area contributed by atoms with Crippen LogP contribution in [0.2, 0.25) is 10.0 Å². The lowest BCUT2D eigenvalue weighted by atomic mass is 9.92. The molecule has 2 aromatic carbocycles. The monoisotopic (exact) mass is 463 g/mol. The summed E-state index contributed by atoms with van der Waals surface area (Å²) < 4.78 is 5.93. The van der Waals surface area contributed by atoms with Crippen molar-refractivity contribution in [2.75, 3.05) is 28.7 Å². The largest absolute Gasteiger partial charge is 0.490 e. The van der Waals surface area contributed by atoms with Crippen molar-refractivity contribution in [1.82, 2.24) is 0 Å². The molecule has 2 aromatic rings. The molecule has 8 heteroatoms. The highest BCUT2D eigenvalue weighted by atomic mass is 35.5. The number of amides is 3. The van der Waals surface area contributed by atoms with Crippen molar-refractivity contribution in [1.29, 1.82) is 0 Å². The van der Waals surface area contributed by atoms with Gasteiger partial charge in [-0.05, 0) is 62.6 Å². The highest BCUT2D eigenvalue weighted by molar-refractivity contribution is 6.42. The lowest BCUT2D eigenvalue weighted by Gasteiger charge is -2.28. The van der Waals surface area contributed by atoms with E-state index in [9.17, 15) is 9.59 Å². The first-order valence-corrected chi connectivity index (χ1v) is 10.9. The van der Waals surface area contributed by atoms with Gasteiger partial charge in [-0.2, -0.15) is 0 Å². The molecule has 166 valence electrons. The molecule has 2 N–H and O–H groups in total. The van der Waals surface area contributed by atoms with Gasteiger partial charge in [0.05, 0.1) is 21.1 Å². The smallest absolute Gasteiger partial charge is 0.323 e. The summed E-state index contributed by atoms with van der Waals surface area (Å²) in [5.74, 6) is 1.07. The van der Waals surface area contributed by atoms with Gasteiger partial charge >= 0.3 is 6.03 Å². The summed E-state index contributed by atoms with van der Waals surface area (Å²) in [6.07, 6.45) is 0.858. The van der Waals surface area contributed by atoms with Gasteiger partial charge in [0, 0.05) is 17.9 Å². The molecule has 0 aromatic heterocycles. The highest BCUT2D eigenvalue weighted by Gasteiger charge is 2.37. The Balaban J connectivity index is 1.83. The molecule has 1 aliphatic heterocycles. The Morgan fingerprint density at radius 2 is 1.74 bits per heavy atom. The van der Waals surface area contributed by atoms with Gasteiger partial charge in [0.25, 0.3) is 0 Å². The fourth-order valence-corrected chi connectivity index (χ4v) is 3.50. The molecular weight excluding hydrogens is 437 g/mol. The van der Waals surface area contributed by atoms with E-state index >= 15 is 0 Å². The van der Waals surface area contributed by atoms with Crippen molar-refractivity contribution < 1.29 is 14.3 Å². The van der Waals surface area contributed by atoms with Gasteiger partial charge < -0.3 is 20.3 Å². The van der Waals surface area contributed by atoms with Crippen molar-refractivity contribution in [3.8, 4) is 5.75 Å². The average molecular weight is 464 g/mol. The van der Waals surface area contributed by atoms with Gasteiger partial charge in [0.2, 0.25) is 5.91 Å². The third kappa shape index (κ3) is 5.63. The number of hydrogen-bond donors (Lipinski definition) is 2. The molecule has 0 unspecified atom stereocenters. The number of carbonyl (C=O) groups is 2. The second-order valence-corrected chi connectivity index (χ2v) is 9.52. The molecule has 1 heterocycles. The number of nitrogens with zero attached hydrogens (tertiary/aromatic N) is 1. The zero-order chi connectivity index (χ0) is 22.8. The Morgan fingerprint density at radius 1 is 1.10 bits per heavy atom. The molecule has 0 atom stereocenters. The number of fused-ring (bicyclic) bond motifs is 1. The van der Waals surface area contributed by atoms with E-state index in [0.717, 1.165) is 6.42 Å². The first-order chi connectivity index (χ1) is 14.6. The lowest BCUT2D eigenvalue weighted by molar-refractivity contribution is -0.127. The van der Waals surface area contributed by atoms with Crippen LogP contribution in [-0.4, -0.2) is 25.1 Å². The third-order valence-corrected chi connectivity index (χ3v) is 5.77. The zero-order valence-corrected chi connectivity index (χ0v) is 19.6. The molecule has 3 rings (SSSR count). The summed E-state index contributed by atoms with van der Waals surface area (Å²) in [7, 11) is 0.